The molecular weight excluding hydrogens is 320 g/mol. The lowest BCUT2D eigenvalue weighted by Gasteiger charge is -2.18. The Labute approximate surface area is 145 Å². The molecule has 1 spiro atoms. The standard InChI is InChI=1S/C19H20N2O4/c22-10-13-17(12-5-2-1-3-6-12)19(13)11-21(9-15(19)23)16-8-4-7-14(20-16)18(24)25/h1-8,13,15,17,22-23H,9-11H2,(H,24,25)/t13-,15-,17-,19-/m1/s1. The number of carboxylic acid groups (broad SMARTS) is 1. The third-order valence-electron chi connectivity index (χ3n) is 5.67. The van der Waals surface area contributed by atoms with Gasteiger partial charge >= 0.3 is 5.97 Å². The molecule has 2 aliphatic rings. The molecule has 2 fully saturated rings. The smallest absolute Gasteiger partial charge is 0.354 e. The number of hydrogen-bond acceptors (Lipinski definition) is 5. The molecule has 25 heavy (non-hydrogen) atoms. The topological polar surface area (TPSA) is 93.9 Å². The first-order valence-corrected chi connectivity index (χ1v) is 8.37. The van der Waals surface area contributed by atoms with Gasteiger partial charge in [0.2, 0.25) is 0 Å². The number of hydrogen-bond donors (Lipinski definition) is 3. The van der Waals surface area contributed by atoms with Crippen LogP contribution in [0.15, 0.2) is 48.5 Å². The molecule has 1 aliphatic heterocycles. The maximum Gasteiger partial charge on any atom is 0.354 e. The largest absolute Gasteiger partial charge is 0.477 e. The van der Waals surface area contributed by atoms with Gasteiger partial charge in [-0.3, -0.25) is 0 Å². The SMILES string of the molecule is O=C(O)c1cccc(N2C[C@@H](O)[C@@]3(C2)[C@H](CO)[C@H]3c2ccccc2)n1. The van der Waals surface area contributed by atoms with Crippen molar-refractivity contribution in [3.63, 3.8) is 0 Å². The minimum Gasteiger partial charge on any atom is -0.477 e. The highest BCUT2D eigenvalue weighted by molar-refractivity contribution is 5.85. The van der Waals surface area contributed by atoms with E-state index in [0.29, 0.717) is 18.9 Å². The molecule has 6 heteroatoms. The minimum atomic E-state index is -1.07. The zero-order valence-corrected chi connectivity index (χ0v) is 13.6. The van der Waals surface area contributed by atoms with Gasteiger partial charge in [-0.1, -0.05) is 36.4 Å². The van der Waals surface area contributed by atoms with Crippen LogP contribution in [-0.2, 0) is 0 Å². The summed E-state index contributed by atoms with van der Waals surface area (Å²) >= 11 is 0. The highest BCUT2D eigenvalue weighted by Gasteiger charge is 2.71. The maximum absolute atomic E-state index is 11.1. The quantitative estimate of drug-likeness (QED) is 0.778. The molecule has 130 valence electrons. The molecule has 6 nitrogen and oxygen atoms in total. The predicted molar refractivity (Wildman–Crippen MR) is 91.6 cm³/mol. The highest BCUT2D eigenvalue weighted by Crippen LogP contribution is 2.68. The Kier molecular flexibility index (Phi) is 3.74. The van der Waals surface area contributed by atoms with Crippen molar-refractivity contribution in [2.75, 3.05) is 24.6 Å². The summed E-state index contributed by atoms with van der Waals surface area (Å²) in [6, 6.07) is 14.8. The fourth-order valence-electron chi connectivity index (χ4n) is 4.46. The van der Waals surface area contributed by atoms with Crippen LogP contribution in [0.3, 0.4) is 0 Å². The maximum atomic E-state index is 11.1. The molecule has 0 bridgehead atoms. The molecule has 1 aromatic heterocycles. The fraction of sp³-hybridized carbons (Fsp3) is 0.368. The van der Waals surface area contributed by atoms with Crippen LogP contribution in [0.5, 0.6) is 0 Å². The molecule has 4 atom stereocenters. The summed E-state index contributed by atoms with van der Waals surface area (Å²) in [5.74, 6) is -0.428. The van der Waals surface area contributed by atoms with Crippen molar-refractivity contribution in [1.29, 1.82) is 0 Å². The molecule has 3 N–H and O–H groups in total. The molecule has 0 amide bonds. The number of rotatable bonds is 4. The monoisotopic (exact) mass is 340 g/mol. The van der Waals surface area contributed by atoms with Gasteiger partial charge in [-0.05, 0) is 29.5 Å². The van der Waals surface area contributed by atoms with E-state index in [1.165, 1.54) is 6.07 Å². The van der Waals surface area contributed by atoms with Gasteiger partial charge in [0.25, 0.3) is 0 Å². The number of aromatic nitrogens is 1. The van der Waals surface area contributed by atoms with Gasteiger partial charge in [0.15, 0.2) is 5.69 Å². The van der Waals surface area contributed by atoms with E-state index in [1.54, 1.807) is 12.1 Å². The van der Waals surface area contributed by atoms with Gasteiger partial charge in [-0.25, -0.2) is 9.78 Å². The zero-order valence-electron chi connectivity index (χ0n) is 13.6. The van der Waals surface area contributed by atoms with E-state index in [2.05, 4.69) is 4.98 Å². The second kappa shape index (κ2) is 5.82. The van der Waals surface area contributed by atoms with Crippen molar-refractivity contribution >= 4 is 11.8 Å². The van der Waals surface area contributed by atoms with E-state index < -0.39 is 17.5 Å². The summed E-state index contributed by atoms with van der Waals surface area (Å²) in [5, 5.41) is 29.7. The third-order valence-corrected chi connectivity index (χ3v) is 5.67. The lowest BCUT2D eigenvalue weighted by atomic mass is 9.95. The van der Waals surface area contributed by atoms with Crippen LogP contribution in [0, 0.1) is 11.3 Å². The van der Waals surface area contributed by atoms with Crippen molar-refractivity contribution in [2.45, 2.75) is 12.0 Å². The summed E-state index contributed by atoms with van der Waals surface area (Å²) in [5.41, 5.74) is 0.702. The number of aromatic carboxylic acids is 1. The highest BCUT2D eigenvalue weighted by atomic mass is 16.4. The van der Waals surface area contributed by atoms with Crippen molar-refractivity contribution < 1.29 is 20.1 Å². The summed E-state index contributed by atoms with van der Waals surface area (Å²) < 4.78 is 0. The first-order valence-electron chi connectivity index (χ1n) is 8.37. The Morgan fingerprint density at radius 3 is 2.64 bits per heavy atom. The second-order valence-electron chi connectivity index (χ2n) is 6.87. The molecule has 1 aromatic carbocycles. The van der Waals surface area contributed by atoms with Crippen LogP contribution in [0.4, 0.5) is 5.82 Å². The number of nitrogens with zero attached hydrogens (tertiary/aromatic N) is 2. The van der Waals surface area contributed by atoms with E-state index in [4.69, 9.17) is 5.11 Å². The summed E-state index contributed by atoms with van der Waals surface area (Å²) in [6.45, 7) is 0.956. The van der Waals surface area contributed by atoms with E-state index in [1.807, 2.05) is 35.2 Å². The van der Waals surface area contributed by atoms with Crippen molar-refractivity contribution in [1.82, 2.24) is 4.98 Å². The lowest BCUT2D eigenvalue weighted by molar-refractivity contribution is 0.0690. The summed E-state index contributed by atoms with van der Waals surface area (Å²) in [4.78, 5) is 17.2. The Morgan fingerprint density at radius 1 is 1.20 bits per heavy atom. The van der Waals surface area contributed by atoms with Crippen molar-refractivity contribution in [2.24, 2.45) is 11.3 Å². The molecule has 0 unspecified atom stereocenters. The van der Waals surface area contributed by atoms with Crippen LogP contribution >= 0.6 is 0 Å². The molecule has 1 aliphatic carbocycles. The van der Waals surface area contributed by atoms with Crippen molar-refractivity contribution in [3.8, 4) is 0 Å². The van der Waals surface area contributed by atoms with Gasteiger partial charge in [0.05, 0.1) is 6.10 Å². The van der Waals surface area contributed by atoms with Gasteiger partial charge < -0.3 is 20.2 Å². The molecule has 1 saturated heterocycles. The Bertz CT molecular complexity index is 797. The average Bonchev–Trinajstić information content (AvgIpc) is 3.17. The number of β-amino-alcohol motifs (C(OH)–C–C–N with tert-alkyl or cyclic N) is 1. The Balaban J connectivity index is 1.63. The van der Waals surface area contributed by atoms with Crippen LogP contribution in [0.25, 0.3) is 0 Å². The fourth-order valence-corrected chi connectivity index (χ4v) is 4.46. The molecule has 2 heterocycles. The number of carbonyl (C=O) groups is 1. The van der Waals surface area contributed by atoms with Gasteiger partial charge in [0, 0.05) is 25.1 Å². The van der Waals surface area contributed by atoms with Crippen LogP contribution in [0.1, 0.15) is 22.0 Å². The molecule has 1 saturated carbocycles. The first kappa shape index (κ1) is 16.1. The Morgan fingerprint density at radius 2 is 1.96 bits per heavy atom. The van der Waals surface area contributed by atoms with Crippen LogP contribution < -0.4 is 4.90 Å². The number of carboxylic acids is 1. The summed E-state index contributed by atoms with van der Waals surface area (Å²) in [7, 11) is 0. The van der Waals surface area contributed by atoms with Gasteiger partial charge in [-0.2, -0.15) is 0 Å². The normalized spacial score (nSPS) is 30.6. The zero-order chi connectivity index (χ0) is 17.6. The minimum absolute atomic E-state index is 0.00226. The van der Waals surface area contributed by atoms with E-state index in [-0.39, 0.29) is 24.1 Å². The molecule has 0 radical (unpaired) electrons. The van der Waals surface area contributed by atoms with Crippen molar-refractivity contribution in [3.05, 3.63) is 59.8 Å². The summed E-state index contributed by atoms with van der Waals surface area (Å²) in [6.07, 6.45) is -0.592. The molecular formula is C19H20N2O4. The number of pyridine rings is 1. The molecule has 4 rings (SSSR count). The van der Waals surface area contributed by atoms with Crippen LogP contribution in [0.2, 0.25) is 0 Å². The average molecular weight is 340 g/mol. The number of anilines is 1. The Hall–Kier alpha value is -2.44. The van der Waals surface area contributed by atoms with Gasteiger partial charge in [-0.15, -0.1) is 0 Å². The van der Waals surface area contributed by atoms with Crippen LogP contribution in [-0.4, -0.2) is 52.1 Å². The predicted octanol–water partition coefficient (Wildman–Crippen LogP) is 1.35. The van der Waals surface area contributed by atoms with Gasteiger partial charge in [0.1, 0.15) is 5.82 Å². The van der Waals surface area contributed by atoms with E-state index in [9.17, 15) is 15.0 Å². The second-order valence-corrected chi connectivity index (χ2v) is 6.87. The third kappa shape index (κ3) is 2.41. The first-order chi connectivity index (χ1) is 12.1. The number of benzene rings is 1. The number of aliphatic hydroxyl groups is 2. The molecule has 2 aromatic rings. The lowest BCUT2D eigenvalue weighted by Crippen LogP contribution is -2.23. The van der Waals surface area contributed by atoms with E-state index >= 15 is 0 Å². The van der Waals surface area contributed by atoms with E-state index in [0.717, 1.165) is 5.56 Å². The number of aliphatic hydroxyl groups excluding tert-OH is 2.